The van der Waals surface area contributed by atoms with Crippen LogP contribution in [-0.2, 0) is 4.79 Å². The van der Waals surface area contributed by atoms with Crippen molar-refractivity contribution in [2.24, 2.45) is 0 Å². The fourth-order valence-electron chi connectivity index (χ4n) is 6.00. The quantitative estimate of drug-likeness (QED) is 0.0335. The van der Waals surface area contributed by atoms with Gasteiger partial charge in [-0.1, -0.05) is 153 Å². The van der Waals surface area contributed by atoms with Crippen LogP contribution in [-0.4, -0.2) is 57.3 Å². The zero-order chi connectivity index (χ0) is 35.3. The number of aliphatic hydroxyl groups excluding tert-OH is 4. The van der Waals surface area contributed by atoms with Gasteiger partial charge in [-0.3, -0.25) is 4.79 Å². The predicted molar refractivity (Wildman–Crippen MR) is 205 cm³/mol. The van der Waals surface area contributed by atoms with Crippen LogP contribution in [0.2, 0.25) is 0 Å². The van der Waals surface area contributed by atoms with Gasteiger partial charge in [0, 0.05) is 0 Å². The molecule has 0 aromatic rings. The third kappa shape index (κ3) is 30.6. The Balaban J connectivity index is 3.81. The predicted octanol–water partition coefficient (Wildman–Crippen LogP) is 10.2. The summed E-state index contributed by atoms with van der Waals surface area (Å²) in [6.07, 6.45) is 41.7. The van der Waals surface area contributed by atoms with Crippen molar-refractivity contribution in [3.8, 4) is 0 Å². The summed E-state index contributed by atoms with van der Waals surface area (Å²) in [6, 6.07) is -1.01. The minimum absolute atomic E-state index is 0.352. The van der Waals surface area contributed by atoms with Crippen molar-refractivity contribution in [2.45, 2.75) is 218 Å². The highest BCUT2D eigenvalue weighted by Gasteiger charge is 2.28. The van der Waals surface area contributed by atoms with Gasteiger partial charge in [-0.05, 0) is 77.0 Å². The van der Waals surface area contributed by atoms with Gasteiger partial charge in [0.15, 0.2) is 0 Å². The molecule has 282 valence electrons. The van der Waals surface area contributed by atoms with Crippen molar-refractivity contribution < 1.29 is 25.2 Å². The number of carbonyl (C=O) groups excluding carboxylic acids is 1. The number of hydrogen-bond donors (Lipinski definition) is 5. The molecule has 0 spiro atoms. The maximum atomic E-state index is 12.5. The van der Waals surface area contributed by atoms with Crippen molar-refractivity contribution in [3.63, 3.8) is 0 Å². The van der Waals surface area contributed by atoms with Gasteiger partial charge < -0.3 is 25.7 Å². The van der Waals surface area contributed by atoms with E-state index >= 15 is 0 Å². The summed E-state index contributed by atoms with van der Waals surface area (Å²) in [4.78, 5) is 12.5. The summed E-state index contributed by atoms with van der Waals surface area (Å²) in [7, 11) is 0. The second-order valence-electron chi connectivity index (χ2n) is 14.0. The molecule has 0 radical (unpaired) electrons. The molecule has 48 heavy (non-hydrogen) atoms. The third-order valence-corrected chi connectivity index (χ3v) is 9.30. The molecular formula is C42H79NO5. The minimum atomic E-state index is -1.29. The molecule has 0 aliphatic rings. The zero-order valence-corrected chi connectivity index (χ0v) is 31.5. The number of hydrogen-bond acceptors (Lipinski definition) is 5. The largest absolute Gasteiger partial charge is 0.394 e. The van der Waals surface area contributed by atoms with Crippen LogP contribution in [0.5, 0.6) is 0 Å². The molecule has 0 bridgehead atoms. The number of carbonyl (C=O) groups is 1. The molecule has 6 nitrogen and oxygen atoms in total. The van der Waals surface area contributed by atoms with Crippen LogP contribution < -0.4 is 5.32 Å². The first-order valence-electron chi connectivity index (χ1n) is 20.4. The van der Waals surface area contributed by atoms with Gasteiger partial charge in [0.2, 0.25) is 5.91 Å². The van der Waals surface area contributed by atoms with Gasteiger partial charge in [0.25, 0.3) is 0 Å². The molecule has 0 heterocycles. The third-order valence-electron chi connectivity index (χ3n) is 9.30. The van der Waals surface area contributed by atoms with Gasteiger partial charge in [0.1, 0.15) is 12.2 Å². The van der Waals surface area contributed by atoms with E-state index in [0.717, 1.165) is 57.8 Å². The highest BCUT2D eigenvalue weighted by molar-refractivity contribution is 5.80. The Bertz CT molecular complexity index is 767. The summed E-state index contributed by atoms with van der Waals surface area (Å²) in [5.74, 6) is -0.604. The molecule has 1 amide bonds. The molecule has 6 heteroatoms. The maximum absolute atomic E-state index is 12.5. The topological polar surface area (TPSA) is 110 Å². The molecule has 0 aromatic carbocycles. The van der Waals surface area contributed by atoms with Crippen LogP contribution in [0.4, 0.5) is 0 Å². The van der Waals surface area contributed by atoms with E-state index in [2.05, 4.69) is 55.6 Å². The van der Waals surface area contributed by atoms with Crippen molar-refractivity contribution in [3.05, 3.63) is 36.5 Å². The fraction of sp³-hybridized carbons (Fsp3) is 0.833. The summed E-state index contributed by atoms with van der Waals surface area (Å²) >= 11 is 0. The van der Waals surface area contributed by atoms with Crippen molar-refractivity contribution in [1.29, 1.82) is 0 Å². The van der Waals surface area contributed by atoms with E-state index in [9.17, 15) is 25.2 Å². The summed E-state index contributed by atoms with van der Waals surface area (Å²) in [5.41, 5.74) is 0. The molecule has 4 atom stereocenters. The number of unbranched alkanes of at least 4 members (excludes halogenated alkanes) is 21. The minimum Gasteiger partial charge on any atom is -0.394 e. The second-order valence-corrected chi connectivity index (χ2v) is 14.0. The zero-order valence-electron chi connectivity index (χ0n) is 31.5. The molecule has 0 aliphatic carbocycles. The van der Waals surface area contributed by atoms with Crippen LogP contribution in [0.3, 0.4) is 0 Å². The van der Waals surface area contributed by atoms with Crippen LogP contribution in [0.25, 0.3) is 0 Å². The monoisotopic (exact) mass is 678 g/mol. The van der Waals surface area contributed by atoms with Crippen molar-refractivity contribution >= 4 is 5.91 Å². The smallest absolute Gasteiger partial charge is 0.249 e. The van der Waals surface area contributed by atoms with Gasteiger partial charge in [-0.25, -0.2) is 0 Å². The maximum Gasteiger partial charge on any atom is 0.249 e. The molecule has 0 aromatic heterocycles. The Hall–Kier alpha value is -1.47. The molecule has 0 saturated carbocycles. The number of rotatable bonds is 36. The van der Waals surface area contributed by atoms with Gasteiger partial charge >= 0.3 is 0 Å². The number of allylic oxidation sites excluding steroid dienone is 6. The molecule has 4 unspecified atom stereocenters. The van der Waals surface area contributed by atoms with Gasteiger partial charge in [-0.15, -0.1) is 0 Å². The fourth-order valence-corrected chi connectivity index (χ4v) is 6.00. The molecule has 0 rings (SSSR count). The Morgan fingerprint density at radius 2 is 0.875 bits per heavy atom. The van der Waals surface area contributed by atoms with Crippen LogP contribution in [0, 0.1) is 0 Å². The molecule has 5 N–H and O–H groups in total. The van der Waals surface area contributed by atoms with Gasteiger partial charge in [-0.2, -0.15) is 0 Å². The van der Waals surface area contributed by atoms with E-state index in [0.29, 0.717) is 19.3 Å². The number of aliphatic hydroxyl groups is 4. The van der Waals surface area contributed by atoms with Crippen LogP contribution in [0.15, 0.2) is 36.5 Å². The molecular weight excluding hydrogens is 598 g/mol. The SMILES string of the molecule is CCCCC/C=C/CC/C=C/CCCC(O)C(O)C(CO)NC(=O)C(O)CCCCCCCC/C=C\CCCCCCCCCCCC. The lowest BCUT2D eigenvalue weighted by atomic mass is 10.00. The van der Waals surface area contributed by atoms with E-state index in [1.807, 2.05) is 0 Å². The van der Waals surface area contributed by atoms with E-state index in [1.54, 1.807) is 0 Å². The Labute approximate surface area is 297 Å². The number of nitrogens with one attached hydrogen (secondary N) is 1. The second kappa shape index (κ2) is 36.8. The summed E-state index contributed by atoms with van der Waals surface area (Å²) in [6.45, 7) is 3.98. The lowest BCUT2D eigenvalue weighted by Crippen LogP contribution is -2.53. The van der Waals surface area contributed by atoms with E-state index in [-0.39, 0.29) is 0 Å². The van der Waals surface area contributed by atoms with Crippen LogP contribution >= 0.6 is 0 Å². The van der Waals surface area contributed by atoms with Crippen molar-refractivity contribution in [1.82, 2.24) is 5.32 Å². The number of amides is 1. The Morgan fingerprint density at radius 1 is 0.500 bits per heavy atom. The first-order chi connectivity index (χ1) is 23.5. The molecule has 0 fully saturated rings. The average molecular weight is 678 g/mol. The highest BCUT2D eigenvalue weighted by atomic mass is 16.3. The first kappa shape index (κ1) is 46.5. The van der Waals surface area contributed by atoms with E-state index in [1.165, 1.54) is 103 Å². The first-order valence-corrected chi connectivity index (χ1v) is 20.4. The lowest BCUT2D eigenvalue weighted by Gasteiger charge is -2.27. The van der Waals surface area contributed by atoms with E-state index < -0.39 is 36.9 Å². The lowest BCUT2D eigenvalue weighted by molar-refractivity contribution is -0.132. The molecule has 0 saturated heterocycles. The van der Waals surface area contributed by atoms with E-state index in [4.69, 9.17) is 0 Å². The molecule has 0 aliphatic heterocycles. The normalized spacial score (nSPS) is 14.7. The van der Waals surface area contributed by atoms with Crippen LogP contribution in [0.1, 0.15) is 194 Å². The summed E-state index contributed by atoms with van der Waals surface area (Å²) in [5, 5.41) is 43.4. The van der Waals surface area contributed by atoms with Crippen molar-refractivity contribution in [2.75, 3.05) is 6.61 Å². The summed E-state index contributed by atoms with van der Waals surface area (Å²) < 4.78 is 0. The standard InChI is InChI=1S/C42H79NO5/c1-3-5-7-9-11-13-15-17-18-19-20-21-22-23-24-26-28-30-32-34-36-40(46)42(48)43-38(37-44)41(47)39(45)35-33-31-29-27-25-16-14-12-10-8-6-4-2/h12,14,21-22,27,29,38-41,44-47H,3-11,13,15-20,23-26,28,30-37H2,1-2H3,(H,43,48)/b14-12+,22-21-,29-27+. The van der Waals surface area contributed by atoms with Gasteiger partial charge in [0.05, 0.1) is 18.8 Å². The Morgan fingerprint density at radius 3 is 1.35 bits per heavy atom. The highest BCUT2D eigenvalue weighted by Crippen LogP contribution is 2.14. The Kier molecular flexibility index (Phi) is 35.7. The average Bonchev–Trinajstić information content (AvgIpc) is 3.09.